The zero-order valence-electron chi connectivity index (χ0n) is 15.9. The molecular formula is C20H26N4O2S. The minimum atomic E-state index is 0.0908. The van der Waals surface area contributed by atoms with E-state index in [2.05, 4.69) is 27.2 Å². The van der Waals surface area contributed by atoms with Gasteiger partial charge in [0.15, 0.2) is 0 Å². The predicted octanol–water partition coefficient (Wildman–Crippen LogP) is 2.84. The summed E-state index contributed by atoms with van der Waals surface area (Å²) in [5.74, 6) is 1.83. The Labute approximate surface area is 164 Å². The molecule has 0 radical (unpaired) electrons. The van der Waals surface area contributed by atoms with E-state index in [1.165, 1.54) is 5.69 Å². The first-order valence-electron chi connectivity index (χ1n) is 9.55. The lowest BCUT2D eigenvalue weighted by molar-refractivity contribution is 0.0779. The van der Waals surface area contributed by atoms with E-state index in [-0.39, 0.29) is 5.91 Å². The molecule has 2 aliphatic rings. The minimum absolute atomic E-state index is 0.0908. The summed E-state index contributed by atoms with van der Waals surface area (Å²) < 4.78 is 5.07. The number of carbonyl (C=O) groups excluding carboxylic acids is 1. The van der Waals surface area contributed by atoms with Crippen molar-refractivity contribution in [2.45, 2.75) is 26.3 Å². The zero-order chi connectivity index (χ0) is 18.8. The maximum atomic E-state index is 12.8. The van der Waals surface area contributed by atoms with E-state index in [0.29, 0.717) is 23.3 Å². The van der Waals surface area contributed by atoms with E-state index in [1.54, 1.807) is 36.8 Å². The molecule has 27 heavy (non-hydrogen) atoms. The highest BCUT2D eigenvalue weighted by Gasteiger charge is 2.37. The fraction of sp³-hybridized carbons (Fsp3) is 0.550. The Balaban J connectivity index is 1.34. The molecule has 0 N–H and O–H groups in total. The number of hydrogen-bond acceptors (Lipinski definition) is 6. The largest absolute Gasteiger partial charge is 0.481 e. The van der Waals surface area contributed by atoms with Gasteiger partial charge in [-0.3, -0.25) is 9.69 Å². The van der Waals surface area contributed by atoms with Gasteiger partial charge in [0.1, 0.15) is 0 Å². The number of hydrogen-bond donors (Lipinski definition) is 0. The molecule has 7 heteroatoms. The number of carbonyl (C=O) groups is 1. The van der Waals surface area contributed by atoms with Crippen molar-refractivity contribution in [2.24, 2.45) is 11.8 Å². The molecule has 0 bridgehead atoms. The third-order valence-corrected chi connectivity index (χ3v) is 6.56. The van der Waals surface area contributed by atoms with Crippen molar-refractivity contribution in [2.75, 3.05) is 33.3 Å². The first kappa shape index (κ1) is 18.4. The Kier molecular flexibility index (Phi) is 5.41. The highest BCUT2D eigenvalue weighted by Crippen LogP contribution is 2.33. The van der Waals surface area contributed by atoms with Crippen molar-refractivity contribution in [1.82, 2.24) is 19.8 Å². The normalized spacial score (nSPS) is 23.1. The fourth-order valence-electron chi connectivity index (χ4n) is 4.25. The average Bonchev–Trinajstić information content (AvgIpc) is 3.24. The second-order valence-electron chi connectivity index (χ2n) is 7.53. The predicted molar refractivity (Wildman–Crippen MR) is 105 cm³/mol. The molecule has 144 valence electrons. The summed E-state index contributed by atoms with van der Waals surface area (Å²) in [5.41, 5.74) is 1.83. The lowest BCUT2D eigenvalue weighted by Crippen LogP contribution is -2.31. The van der Waals surface area contributed by atoms with Crippen molar-refractivity contribution in [1.29, 1.82) is 0 Å². The van der Waals surface area contributed by atoms with E-state index in [0.717, 1.165) is 50.6 Å². The van der Waals surface area contributed by atoms with Crippen LogP contribution < -0.4 is 4.74 Å². The highest BCUT2D eigenvalue weighted by molar-refractivity contribution is 7.09. The molecule has 0 aliphatic carbocycles. The van der Waals surface area contributed by atoms with Crippen LogP contribution in [0.15, 0.2) is 23.7 Å². The molecule has 6 nitrogen and oxygen atoms in total. The number of aryl methyl sites for hydroxylation is 1. The Morgan fingerprint density at radius 3 is 2.56 bits per heavy atom. The van der Waals surface area contributed by atoms with Gasteiger partial charge in [0, 0.05) is 37.3 Å². The van der Waals surface area contributed by atoms with Gasteiger partial charge in [-0.15, -0.1) is 11.3 Å². The third-order valence-electron chi connectivity index (χ3n) is 5.74. The van der Waals surface area contributed by atoms with Crippen LogP contribution >= 0.6 is 11.3 Å². The van der Waals surface area contributed by atoms with Crippen LogP contribution in [0, 0.1) is 18.8 Å². The van der Waals surface area contributed by atoms with Crippen molar-refractivity contribution in [3.8, 4) is 5.88 Å². The van der Waals surface area contributed by atoms with Gasteiger partial charge >= 0.3 is 0 Å². The van der Waals surface area contributed by atoms with Crippen LogP contribution in [-0.2, 0) is 6.54 Å². The molecule has 2 fully saturated rings. The molecule has 0 unspecified atom stereocenters. The molecule has 2 saturated heterocycles. The number of pyridine rings is 1. The summed E-state index contributed by atoms with van der Waals surface area (Å²) in [5, 5.41) is 3.31. The van der Waals surface area contributed by atoms with Crippen LogP contribution in [0.4, 0.5) is 0 Å². The van der Waals surface area contributed by atoms with Crippen LogP contribution in [0.2, 0.25) is 0 Å². The topological polar surface area (TPSA) is 58.6 Å². The Hall–Kier alpha value is -1.99. The van der Waals surface area contributed by atoms with Gasteiger partial charge in [-0.2, -0.15) is 0 Å². The Bertz CT molecular complexity index is 776. The fourth-order valence-corrected chi connectivity index (χ4v) is 4.85. The lowest BCUT2D eigenvalue weighted by Gasteiger charge is -2.21. The zero-order valence-corrected chi connectivity index (χ0v) is 16.7. The van der Waals surface area contributed by atoms with Gasteiger partial charge in [-0.25, -0.2) is 9.97 Å². The highest BCUT2D eigenvalue weighted by atomic mass is 32.1. The van der Waals surface area contributed by atoms with Gasteiger partial charge in [0.25, 0.3) is 5.91 Å². The maximum Gasteiger partial charge on any atom is 0.255 e. The Morgan fingerprint density at radius 1 is 1.26 bits per heavy atom. The van der Waals surface area contributed by atoms with Crippen molar-refractivity contribution < 1.29 is 9.53 Å². The van der Waals surface area contributed by atoms with Gasteiger partial charge in [0.2, 0.25) is 5.88 Å². The standard InChI is InChI=1S/C20H26N4O2S/c1-14-22-18(13-27-14)12-23-7-5-16-10-24(11-17(16)6-8-23)20(25)15-3-4-19(26-2)21-9-15/h3-4,9,13,16-17H,5-8,10-12H2,1-2H3/t16-,17+. The first-order chi connectivity index (χ1) is 13.1. The molecule has 1 amide bonds. The Morgan fingerprint density at radius 2 is 2.00 bits per heavy atom. The molecule has 2 atom stereocenters. The molecule has 0 aromatic carbocycles. The number of amides is 1. The smallest absolute Gasteiger partial charge is 0.255 e. The SMILES string of the molecule is COc1ccc(C(=O)N2C[C@H]3CCN(Cc4csc(C)n4)CC[C@H]3C2)cn1. The molecule has 2 aromatic heterocycles. The van der Waals surface area contributed by atoms with E-state index >= 15 is 0 Å². The quantitative estimate of drug-likeness (QED) is 0.809. The van der Waals surface area contributed by atoms with Crippen LogP contribution in [-0.4, -0.2) is 59.0 Å². The number of likely N-dealkylation sites (tertiary alicyclic amines) is 2. The molecule has 0 spiro atoms. The molecule has 2 aliphatic heterocycles. The number of aromatic nitrogens is 2. The van der Waals surface area contributed by atoms with Crippen molar-refractivity contribution in [3.63, 3.8) is 0 Å². The molecular weight excluding hydrogens is 360 g/mol. The number of nitrogens with zero attached hydrogens (tertiary/aromatic N) is 4. The van der Waals surface area contributed by atoms with Gasteiger partial charge in [-0.05, 0) is 50.8 Å². The lowest BCUT2D eigenvalue weighted by atomic mass is 9.92. The molecule has 4 heterocycles. The van der Waals surface area contributed by atoms with E-state index in [4.69, 9.17) is 4.74 Å². The third kappa shape index (κ3) is 4.14. The number of rotatable bonds is 4. The van der Waals surface area contributed by atoms with Gasteiger partial charge in [-0.1, -0.05) is 0 Å². The van der Waals surface area contributed by atoms with Crippen molar-refractivity contribution in [3.05, 3.63) is 40.0 Å². The van der Waals surface area contributed by atoms with E-state index < -0.39 is 0 Å². The number of ether oxygens (including phenoxy) is 1. The molecule has 2 aromatic rings. The average molecular weight is 387 g/mol. The second kappa shape index (κ2) is 7.94. The van der Waals surface area contributed by atoms with Crippen LogP contribution in [0.5, 0.6) is 5.88 Å². The second-order valence-corrected chi connectivity index (χ2v) is 8.59. The maximum absolute atomic E-state index is 12.8. The summed E-state index contributed by atoms with van der Waals surface area (Å²) in [4.78, 5) is 26.1. The first-order valence-corrected chi connectivity index (χ1v) is 10.4. The van der Waals surface area contributed by atoms with Gasteiger partial charge < -0.3 is 9.64 Å². The van der Waals surface area contributed by atoms with Crippen molar-refractivity contribution >= 4 is 17.2 Å². The van der Waals surface area contributed by atoms with E-state index in [9.17, 15) is 4.79 Å². The number of methoxy groups -OCH3 is 1. The number of fused-ring (bicyclic) bond motifs is 1. The summed E-state index contributed by atoms with van der Waals surface area (Å²) >= 11 is 1.72. The summed E-state index contributed by atoms with van der Waals surface area (Å²) in [6.07, 6.45) is 3.92. The molecule has 0 saturated carbocycles. The minimum Gasteiger partial charge on any atom is -0.481 e. The van der Waals surface area contributed by atoms with E-state index in [1.807, 2.05) is 4.90 Å². The summed E-state index contributed by atoms with van der Waals surface area (Å²) in [6, 6.07) is 3.55. The summed E-state index contributed by atoms with van der Waals surface area (Å²) in [6.45, 7) is 6.90. The summed E-state index contributed by atoms with van der Waals surface area (Å²) in [7, 11) is 1.58. The number of thiazole rings is 1. The van der Waals surface area contributed by atoms with Gasteiger partial charge in [0.05, 0.1) is 23.4 Å². The van der Waals surface area contributed by atoms with Crippen LogP contribution in [0.1, 0.15) is 33.9 Å². The van der Waals surface area contributed by atoms with Crippen LogP contribution in [0.25, 0.3) is 0 Å². The monoisotopic (exact) mass is 386 g/mol. The van der Waals surface area contributed by atoms with Crippen LogP contribution in [0.3, 0.4) is 0 Å². The molecule has 4 rings (SSSR count).